The predicted molar refractivity (Wildman–Crippen MR) is 81.0 cm³/mol. The fourth-order valence-electron chi connectivity index (χ4n) is 3.20. The third-order valence-corrected chi connectivity index (χ3v) is 4.25. The SMILES string of the molecule is [CH]1C=CC=CC1(CN1CCCCC1)c1ccccc1. The number of hydrogen-bond donors (Lipinski definition) is 0. The van der Waals surface area contributed by atoms with Gasteiger partial charge in [-0.25, -0.2) is 0 Å². The van der Waals surface area contributed by atoms with Gasteiger partial charge in [0.05, 0.1) is 0 Å². The van der Waals surface area contributed by atoms with Crippen molar-refractivity contribution >= 4 is 0 Å². The minimum atomic E-state index is 0.0628. The number of piperidine rings is 1. The van der Waals surface area contributed by atoms with Crippen LogP contribution >= 0.6 is 0 Å². The summed E-state index contributed by atoms with van der Waals surface area (Å²) in [5.41, 5.74) is 1.47. The molecule has 1 aromatic carbocycles. The van der Waals surface area contributed by atoms with Crippen LogP contribution in [0.3, 0.4) is 0 Å². The van der Waals surface area contributed by atoms with Gasteiger partial charge in [-0.05, 0) is 37.9 Å². The van der Waals surface area contributed by atoms with E-state index in [1.54, 1.807) is 0 Å². The number of nitrogens with zero attached hydrogens (tertiary/aromatic N) is 1. The smallest absolute Gasteiger partial charge is 0.0331 e. The molecule has 1 aliphatic carbocycles. The van der Waals surface area contributed by atoms with Crippen molar-refractivity contribution in [2.24, 2.45) is 0 Å². The summed E-state index contributed by atoms with van der Waals surface area (Å²) in [7, 11) is 0. The van der Waals surface area contributed by atoms with Crippen molar-refractivity contribution in [3.8, 4) is 0 Å². The van der Waals surface area contributed by atoms with E-state index in [0.717, 1.165) is 6.54 Å². The van der Waals surface area contributed by atoms with E-state index >= 15 is 0 Å². The number of allylic oxidation sites excluding steroid dienone is 3. The minimum absolute atomic E-state index is 0.0628. The van der Waals surface area contributed by atoms with Crippen molar-refractivity contribution < 1.29 is 0 Å². The van der Waals surface area contributed by atoms with E-state index in [0.29, 0.717) is 0 Å². The highest BCUT2D eigenvalue weighted by molar-refractivity contribution is 5.42. The molecule has 0 N–H and O–H groups in total. The molecule has 2 aliphatic rings. The quantitative estimate of drug-likeness (QED) is 0.792. The van der Waals surface area contributed by atoms with Crippen LogP contribution < -0.4 is 0 Å². The van der Waals surface area contributed by atoms with Gasteiger partial charge in [0.2, 0.25) is 0 Å². The zero-order valence-corrected chi connectivity index (χ0v) is 11.5. The third kappa shape index (κ3) is 2.82. The Labute approximate surface area is 116 Å². The fourth-order valence-corrected chi connectivity index (χ4v) is 3.20. The summed E-state index contributed by atoms with van der Waals surface area (Å²) < 4.78 is 0. The van der Waals surface area contributed by atoms with Crippen LogP contribution in [0.25, 0.3) is 0 Å². The number of likely N-dealkylation sites (tertiary alicyclic amines) is 1. The van der Waals surface area contributed by atoms with Crippen molar-refractivity contribution in [2.75, 3.05) is 19.6 Å². The van der Waals surface area contributed by atoms with Crippen LogP contribution in [0.15, 0.2) is 54.6 Å². The Hall–Kier alpha value is -1.34. The van der Waals surface area contributed by atoms with Crippen molar-refractivity contribution in [3.63, 3.8) is 0 Å². The van der Waals surface area contributed by atoms with Crippen LogP contribution in [0.5, 0.6) is 0 Å². The van der Waals surface area contributed by atoms with Gasteiger partial charge in [-0.1, -0.05) is 61.1 Å². The molecule has 1 heteroatoms. The summed E-state index contributed by atoms with van der Waals surface area (Å²) in [6, 6.07) is 10.9. The molecule has 3 rings (SSSR count). The molecule has 1 aliphatic heterocycles. The first-order valence-corrected chi connectivity index (χ1v) is 7.37. The van der Waals surface area contributed by atoms with E-state index in [9.17, 15) is 0 Å². The average Bonchev–Trinajstić information content (AvgIpc) is 2.50. The fraction of sp³-hybridized carbons (Fsp3) is 0.389. The van der Waals surface area contributed by atoms with Gasteiger partial charge in [-0.3, -0.25) is 0 Å². The Balaban J connectivity index is 1.85. The van der Waals surface area contributed by atoms with Crippen molar-refractivity contribution in [2.45, 2.75) is 24.7 Å². The first kappa shape index (κ1) is 12.7. The highest BCUT2D eigenvalue weighted by atomic mass is 15.1. The summed E-state index contributed by atoms with van der Waals surface area (Å²) in [4.78, 5) is 2.62. The molecule has 1 nitrogen and oxygen atoms in total. The summed E-state index contributed by atoms with van der Waals surface area (Å²) in [6.07, 6.45) is 15.3. The monoisotopic (exact) mass is 252 g/mol. The molecule has 1 heterocycles. The first-order valence-electron chi connectivity index (χ1n) is 7.37. The van der Waals surface area contributed by atoms with Crippen LogP contribution in [0.2, 0.25) is 0 Å². The van der Waals surface area contributed by atoms with E-state index in [1.807, 2.05) is 0 Å². The molecule has 0 bridgehead atoms. The lowest BCUT2D eigenvalue weighted by Crippen LogP contribution is -2.42. The topological polar surface area (TPSA) is 3.24 Å². The van der Waals surface area contributed by atoms with Crippen LogP contribution in [-0.4, -0.2) is 24.5 Å². The predicted octanol–water partition coefficient (Wildman–Crippen LogP) is 3.74. The van der Waals surface area contributed by atoms with E-state index in [4.69, 9.17) is 0 Å². The Kier molecular flexibility index (Phi) is 3.84. The van der Waals surface area contributed by atoms with E-state index in [-0.39, 0.29) is 5.41 Å². The second-order valence-electron chi connectivity index (χ2n) is 5.65. The largest absolute Gasteiger partial charge is 0.302 e. The molecule has 0 aromatic heterocycles. The van der Waals surface area contributed by atoms with Gasteiger partial charge in [-0.2, -0.15) is 0 Å². The average molecular weight is 252 g/mol. The van der Waals surface area contributed by atoms with Gasteiger partial charge in [-0.15, -0.1) is 0 Å². The van der Waals surface area contributed by atoms with Gasteiger partial charge in [0.1, 0.15) is 0 Å². The third-order valence-electron chi connectivity index (χ3n) is 4.25. The molecule has 0 saturated carbocycles. The number of rotatable bonds is 3. The Morgan fingerprint density at radius 3 is 2.37 bits per heavy atom. The molecule has 99 valence electrons. The van der Waals surface area contributed by atoms with E-state index in [1.165, 1.54) is 37.9 Å². The van der Waals surface area contributed by atoms with Gasteiger partial charge >= 0.3 is 0 Å². The second kappa shape index (κ2) is 5.75. The molecule has 1 fully saturated rings. The molecule has 1 saturated heterocycles. The Bertz CT molecular complexity index is 454. The second-order valence-corrected chi connectivity index (χ2v) is 5.65. The summed E-state index contributed by atoms with van der Waals surface area (Å²) in [6.45, 7) is 3.61. The Morgan fingerprint density at radius 1 is 0.895 bits per heavy atom. The molecule has 1 aromatic rings. The Morgan fingerprint density at radius 2 is 1.68 bits per heavy atom. The molecule has 1 radical (unpaired) electrons. The van der Waals surface area contributed by atoms with Crippen LogP contribution in [0, 0.1) is 6.42 Å². The maximum Gasteiger partial charge on any atom is 0.0331 e. The van der Waals surface area contributed by atoms with Crippen molar-refractivity contribution in [1.82, 2.24) is 4.90 Å². The van der Waals surface area contributed by atoms with Crippen molar-refractivity contribution in [1.29, 1.82) is 0 Å². The highest BCUT2D eigenvalue weighted by Crippen LogP contribution is 2.33. The lowest BCUT2D eigenvalue weighted by Gasteiger charge is -2.38. The molecule has 1 unspecified atom stereocenters. The molecule has 0 spiro atoms. The number of hydrogen-bond acceptors (Lipinski definition) is 1. The number of benzene rings is 1. The highest BCUT2D eigenvalue weighted by Gasteiger charge is 2.32. The molecular formula is C18H22N. The summed E-state index contributed by atoms with van der Waals surface area (Å²) in [5.74, 6) is 0. The lowest BCUT2D eigenvalue weighted by molar-refractivity contribution is 0.204. The maximum absolute atomic E-state index is 2.62. The standard InChI is InChI=1S/C18H22N/c1-4-10-17(11-5-1)18(12-6-2-7-13-18)16-19-14-8-3-9-15-19/h1-2,4-7,10-13H,3,8-9,14-16H2. The zero-order valence-electron chi connectivity index (χ0n) is 11.5. The van der Waals surface area contributed by atoms with Gasteiger partial charge in [0, 0.05) is 12.0 Å². The minimum Gasteiger partial charge on any atom is -0.302 e. The molecular weight excluding hydrogens is 230 g/mol. The van der Waals surface area contributed by atoms with Gasteiger partial charge < -0.3 is 4.90 Å². The molecule has 19 heavy (non-hydrogen) atoms. The van der Waals surface area contributed by atoms with Crippen molar-refractivity contribution in [3.05, 3.63) is 66.6 Å². The van der Waals surface area contributed by atoms with Crippen LogP contribution in [0.1, 0.15) is 24.8 Å². The normalized spacial score (nSPS) is 27.6. The summed E-state index contributed by atoms with van der Waals surface area (Å²) in [5, 5.41) is 0. The van der Waals surface area contributed by atoms with Crippen LogP contribution in [-0.2, 0) is 5.41 Å². The first-order chi connectivity index (χ1) is 9.39. The van der Waals surface area contributed by atoms with E-state index < -0.39 is 0 Å². The molecule has 1 atom stereocenters. The van der Waals surface area contributed by atoms with Crippen LogP contribution in [0.4, 0.5) is 0 Å². The zero-order chi connectivity index (χ0) is 13.0. The maximum atomic E-state index is 2.62. The van der Waals surface area contributed by atoms with E-state index in [2.05, 4.69) is 66.0 Å². The summed E-state index contributed by atoms with van der Waals surface area (Å²) >= 11 is 0. The van der Waals surface area contributed by atoms with Gasteiger partial charge in [0.25, 0.3) is 0 Å². The lowest BCUT2D eigenvalue weighted by atomic mass is 9.75. The molecule has 0 amide bonds. The van der Waals surface area contributed by atoms with Gasteiger partial charge in [0.15, 0.2) is 0 Å².